The van der Waals surface area contributed by atoms with E-state index in [-0.39, 0.29) is 22.6 Å². The molecule has 33 heavy (non-hydrogen) atoms. The summed E-state index contributed by atoms with van der Waals surface area (Å²) in [6.45, 7) is 3.77. The number of hydrogen-bond acceptors (Lipinski definition) is 6. The van der Waals surface area contributed by atoms with Crippen LogP contribution in [0.2, 0.25) is 0 Å². The highest BCUT2D eigenvalue weighted by atomic mass is 19.3. The predicted molar refractivity (Wildman–Crippen MR) is 117 cm³/mol. The summed E-state index contributed by atoms with van der Waals surface area (Å²) in [6.07, 6.45) is -2.83. The zero-order valence-corrected chi connectivity index (χ0v) is 18.2. The highest BCUT2D eigenvalue weighted by molar-refractivity contribution is 5.92. The Balaban J connectivity index is 1.49. The Kier molecular flexibility index (Phi) is 6.32. The molecule has 0 bridgehead atoms. The maximum absolute atomic E-state index is 15.0. The summed E-state index contributed by atoms with van der Waals surface area (Å²) in [6, 6.07) is 6.23. The SMILES string of the molecule is CNC(=O)c1ccc(N2CCN(Cc3ccc4nc(C)c(=O)[nH]c4c3F)CC2)c(C(F)F)n1. The topological polar surface area (TPSA) is 94.2 Å². The minimum Gasteiger partial charge on any atom is -0.367 e. The molecule has 0 radical (unpaired) electrons. The number of nitrogens with one attached hydrogen (secondary N) is 2. The van der Waals surface area contributed by atoms with E-state index >= 15 is 0 Å². The molecule has 1 fully saturated rings. The van der Waals surface area contributed by atoms with Crippen LogP contribution in [0.1, 0.15) is 33.9 Å². The van der Waals surface area contributed by atoms with Gasteiger partial charge in [0.15, 0.2) is 5.82 Å². The summed E-state index contributed by atoms with van der Waals surface area (Å²) < 4.78 is 42.2. The van der Waals surface area contributed by atoms with E-state index in [0.29, 0.717) is 43.8 Å². The molecule has 0 aliphatic carbocycles. The van der Waals surface area contributed by atoms with Gasteiger partial charge in [-0.25, -0.2) is 23.1 Å². The van der Waals surface area contributed by atoms with Gasteiger partial charge in [-0.3, -0.25) is 14.5 Å². The van der Waals surface area contributed by atoms with Crippen LogP contribution in [0.15, 0.2) is 29.1 Å². The highest BCUT2D eigenvalue weighted by Gasteiger charge is 2.25. The summed E-state index contributed by atoms with van der Waals surface area (Å²) in [5.74, 6) is -1.05. The van der Waals surface area contributed by atoms with Crippen molar-refractivity contribution in [3.05, 3.63) is 63.1 Å². The van der Waals surface area contributed by atoms with Gasteiger partial charge in [-0.05, 0) is 25.1 Å². The molecule has 1 aliphatic heterocycles. The number of fused-ring (bicyclic) bond motifs is 1. The first-order chi connectivity index (χ1) is 15.8. The number of aromatic nitrogens is 3. The fourth-order valence-electron chi connectivity index (χ4n) is 3.92. The number of H-pyrrole nitrogens is 1. The van der Waals surface area contributed by atoms with Crippen molar-refractivity contribution in [1.29, 1.82) is 0 Å². The van der Waals surface area contributed by atoms with Crippen LogP contribution in [0.25, 0.3) is 11.0 Å². The largest absolute Gasteiger partial charge is 0.367 e. The zero-order chi connectivity index (χ0) is 23.7. The number of aryl methyl sites for hydroxylation is 1. The first kappa shape index (κ1) is 22.7. The Hall–Kier alpha value is -3.47. The van der Waals surface area contributed by atoms with Gasteiger partial charge in [-0.1, -0.05) is 6.07 Å². The van der Waals surface area contributed by atoms with Gasteiger partial charge in [0.25, 0.3) is 17.9 Å². The highest BCUT2D eigenvalue weighted by Crippen LogP contribution is 2.29. The average Bonchev–Trinajstić information content (AvgIpc) is 2.82. The minimum absolute atomic E-state index is 0.0651. The van der Waals surface area contributed by atoms with Gasteiger partial charge >= 0.3 is 0 Å². The van der Waals surface area contributed by atoms with E-state index in [1.807, 2.05) is 4.90 Å². The average molecular weight is 460 g/mol. The Bertz CT molecular complexity index is 1250. The molecule has 1 aromatic carbocycles. The molecule has 11 heteroatoms. The molecule has 8 nitrogen and oxygen atoms in total. The van der Waals surface area contributed by atoms with Crippen molar-refractivity contribution >= 4 is 22.6 Å². The van der Waals surface area contributed by atoms with Crippen LogP contribution in [0.4, 0.5) is 18.9 Å². The van der Waals surface area contributed by atoms with Crippen LogP contribution < -0.4 is 15.8 Å². The smallest absolute Gasteiger partial charge is 0.282 e. The van der Waals surface area contributed by atoms with Crippen LogP contribution in [-0.4, -0.2) is 59.0 Å². The number of carbonyl (C=O) groups is 1. The lowest BCUT2D eigenvalue weighted by atomic mass is 10.1. The van der Waals surface area contributed by atoms with Gasteiger partial charge in [0.05, 0.1) is 11.2 Å². The van der Waals surface area contributed by atoms with Crippen molar-refractivity contribution < 1.29 is 18.0 Å². The molecule has 1 saturated heterocycles. The Morgan fingerprint density at radius 1 is 1.15 bits per heavy atom. The monoisotopic (exact) mass is 460 g/mol. The molecular weight excluding hydrogens is 437 g/mol. The fourth-order valence-corrected chi connectivity index (χ4v) is 3.92. The van der Waals surface area contributed by atoms with E-state index in [9.17, 15) is 22.8 Å². The molecule has 3 heterocycles. The third kappa shape index (κ3) is 4.54. The van der Waals surface area contributed by atoms with E-state index in [4.69, 9.17) is 0 Å². The lowest BCUT2D eigenvalue weighted by molar-refractivity contribution is 0.0956. The second-order valence-corrected chi connectivity index (χ2v) is 7.83. The molecule has 4 rings (SSSR count). The van der Waals surface area contributed by atoms with Gasteiger partial charge in [0.2, 0.25) is 0 Å². The van der Waals surface area contributed by atoms with Crippen LogP contribution >= 0.6 is 0 Å². The minimum atomic E-state index is -2.83. The van der Waals surface area contributed by atoms with E-state index in [2.05, 4.69) is 20.3 Å². The van der Waals surface area contributed by atoms with E-state index in [1.165, 1.54) is 19.2 Å². The second-order valence-electron chi connectivity index (χ2n) is 7.83. The molecule has 1 amide bonds. The summed E-state index contributed by atoms with van der Waals surface area (Å²) >= 11 is 0. The van der Waals surface area contributed by atoms with Gasteiger partial charge in [-0.2, -0.15) is 0 Å². The normalized spacial score (nSPS) is 14.8. The van der Waals surface area contributed by atoms with Crippen LogP contribution in [0.3, 0.4) is 0 Å². The Morgan fingerprint density at radius 2 is 1.88 bits per heavy atom. The van der Waals surface area contributed by atoms with Crippen LogP contribution in [0, 0.1) is 12.7 Å². The van der Waals surface area contributed by atoms with Gasteiger partial charge < -0.3 is 15.2 Å². The molecule has 3 aromatic rings. The standard InChI is InChI=1S/C22H23F3N6O2/c1-12-21(32)29-18-14(27-12)4-3-13(17(18)23)11-30-7-9-31(10-8-30)16-6-5-15(22(33)26-2)28-19(16)20(24)25/h3-6,20H,7-11H2,1-2H3,(H,26,33)(H,29,32). The Labute approximate surface area is 187 Å². The first-order valence-electron chi connectivity index (χ1n) is 10.4. The Morgan fingerprint density at radius 3 is 2.55 bits per heavy atom. The van der Waals surface area contributed by atoms with Gasteiger partial charge in [0, 0.05) is 45.3 Å². The van der Waals surface area contributed by atoms with Crippen molar-refractivity contribution in [3.63, 3.8) is 0 Å². The fraction of sp³-hybridized carbons (Fsp3) is 0.364. The van der Waals surface area contributed by atoms with Crippen molar-refractivity contribution in [3.8, 4) is 0 Å². The molecule has 174 valence electrons. The molecular formula is C22H23F3N6O2. The molecule has 0 saturated carbocycles. The molecule has 1 aliphatic rings. The quantitative estimate of drug-likeness (QED) is 0.607. The number of benzene rings is 1. The molecule has 0 unspecified atom stereocenters. The number of rotatable bonds is 5. The summed E-state index contributed by atoms with van der Waals surface area (Å²) in [5.41, 5.74) is 0.498. The number of halogens is 3. The predicted octanol–water partition coefficient (Wildman–Crippen LogP) is 2.39. The zero-order valence-electron chi connectivity index (χ0n) is 18.2. The van der Waals surface area contributed by atoms with E-state index < -0.39 is 29.4 Å². The number of anilines is 1. The molecule has 2 aromatic heterocycles. The van der Waals surface area contributed by atoms with Gasteiger partial charge in [0.1, 0.15) is 22.6 Å². The number of pyridine rings is 1. The number of hydrogen-bond donors (Lipinski definition) is 2. The lowest BCUT2D eigenvalue weighted by Crippen LogP contribution is -2.46. The van der Waals surface area contributed by atoms with Crippen molar-refractivity contribution in [1.82, 2.24) is 25.2 Å². The van der Waals surface area contributed by atoms with Crippen molar-refractivity contribution in [2.75, 3.05) is 38.1 Å². The van der Waals surface area contributed by atoms with Crippen LogP contribution in [0.5, 0.6) is 0 Å². The number of nitrogens with zero attached hydrogens (tertiary/aromatic N) is 4. The number of carbonyl (C=O) groups excluding carboxylic acids is 1. The second kappa shape index (κ2) is 9.18. The third-order valence-corrected chi connectivity index (χ3v) is 5.73. The summed E-state index contributed by atoms with van der Waals surface area (Å²) in [4.78, 5) is 37.9. The number of amides is 1. The maximum Gasteiger partial charge on any atom is 0.282 e. The molecule has 2 N–H and O–H groups in total. The van der Waals surface area contributed by atoms with Crippen molar-refractivity contribution in [2.45, 2.75) is 19.9 Å². The lowest BCUT2D eigenvalue weighted by Gasteiger charge is -2.36. The van der Waals surface area contributed by atoms with E-state index in [0.717, 1.165) is 0 Å². The van der Waals surface area contributed by atoms with Gasteiger partial charge in [-0.15, -0.1) is 0 Å². The third-order valence-electron chi connectivity index (χ3n) is 5.73. The first-order valence-corrected chi connectivity index (χ1v) is 10.4. The number of aromatic amines is 1. The van der Waals surface area contributed by atoms with Crippen molar-refractivity contribution in [2.24, 2.45) is 0 Å². The van der Waals surface area contributed by atoms with E-state index in [1.54, 1.807) is 24.0 Å². The summed E-state index contributed by atoms with van der Waals surface area (Å²) in [7, 11) is 1.41. The maximum atomic E-state index is 15.0. The number of alkyl halides is 2. The van der Waals surface area contributed by atoms with Crippen LogP contribution in [-0.2, 0) is 6.54 Å². The molecule has 0 atom stereocenters. The molecule has 0 spiro atoms. The number of piperazine rings is 1. The summed E-state index contributed by atoms with van der Waals surface area (Å²) in [5, 5.41) is 2.38.